The lowest BCUT2D eigenvalue weighted by Crippen LogP contribution is -2.53. The first-order chi connectivity index (χ1) is 12.4. The van der Waals surface area contributed by atoms with Gasteiger partial charge in [0.2, 0.25) is 0 Å². The second-order valence-corrected chi connectivity index (χ2v) is 10.0. The van der Waals surface area contributed by atoms with Crippen molar-refractivity contribution in [3.05, 3.63) is 11.6 Å². The van der Waals surface area contributed by atoms with Crippen LogP contribution in [0.25, 0.3) is 0 Å². The molecule has 3 nitrogen and oxygen atoms in total. The van der Waals surface area contributed by atoms with Crippen LogP contribution < -0.4 is 0 Å². The number of fused-ring (bicyclic) bond motifs is 5. The maximum Gasteiger partial charge on any atom is 0.330 e. The Balaban J connectivity index is 1.57. The van der Waals surface area contributed by atoms with E-state index < -0.39 is 0 Å². The van der Waals surface area contributed by atoms with Crippen molar-refractivity contribution in [2.45, 2.75) is 84.7 Å². The summed E-state index contributed by atoms with van der Waals surface area (Å²) >= 11 is 0. The predicted molar refractivity (Wildman–Crippen MR) is 102 cm³/mol. The average Bonchev–Trinajstić information content (AvgIpc) is 2.92. The summed E-state index contributed by atoms with van der Waals surface area (Å²) < 4.78 is 5.19. The summed E-state index contributed by atoms with van der Waals surface area (Å²) in [5.41, 5.74) is 1.98. The molecule has 0 amide bonds. The van der Waals surface area contributed by atoms with Gasteiger partial charge in [-0.3, -0.25) is 0 Å². The Hall–Kier alpha value is -0.830. The molecule has 4 unspecified atom stereocenters. The molecular weight excluding hydrogens is 324 g/mol. The average molecular weight is 361 g/mol. The molecule has 4 saturated carbocycles. The highest BCUT2D eigenvalue weighted by atomic mass is 16.5. The zero-order valence-electron chi connectivity index (χ0n) is 16.8. The molecule has 4 aliphatic rings. The zero-order chi connectivity index (χ0) is 18.5. The van der Waals surface area contributed by atoms with E-state index in [0.717, 1.165) is 37.0 Å². The first-order valence-electron chi connectivity index (χ1n) is 10.9. The zero-order valence-corrected chi connectivity index (χ0v) is 16.8. The van der Waals surface area contributed by atoms with Gasteiger partial charge < -0.3 is 9.84 Å². The molecule has 1 N–H and O–H groups in total. The van der Waals surface area contributed by atoms with Crippen molar-refractivity contribution in [2.24, 2.45) is 34.5 Å². The van der Waals surface area contributed by atoms with Gasteiger partial charge in [0, 0.05) is 6.08 Å². The number of allylic oxidation sites excluding steroid dienone is 1. The quantitative estimate of drug-likeness (QED) is 0.564. The first kappa shape index (κ1) is 18.5. The Morgan fingerprint density at radius 2 is 1.96 bits per heavy atom. The highest BCUT2D eigenvalue weighted by Gasteiger charge is 2.58. The van der Waals surface area contributed by atoms with Gasteiger partial charge in [0.05, 0.1) is 12.7 Å². The minimum absolute atomic E-state index is 0.0657. The van der Waals surface area contributed by atoms with E-state index >= 15 is 0 Å². The van der Waals surface area contributed by atoms with Crippen LogP contribution in [-0.4, -0.2) is 23.8 Å². The fourth-order valence-electron chi connectivity index (χ4n) is 7.65. The van der Waals surface area contributed by atoms with E-state index in [4.69, 9.17) is 4.74 Å². The first-order valence-corrected chi connectivity index (χ1v) is 10.9. The molecule has 0 spiro atoms. The number of hydrogen-bond donors (Lipinski definition) is 1. The van der Waals surface area contributed by atoms with Gasteiger partial charge >= 0.3 is 5.97 Å². The smallest absolute Gasteiger partial charge is 0.330 e. The lowest BCUT2D eigenvalue weighted by molar-refractivity contribution is -0.137. The molecule has 0 aliphatic heterocycles. The molecule has 4 fully saturated rings. The topological polar surface area (TPSA) is 46.5 Å². The number of ether oxygens (including phenoxy) is 1. The van der Waals surface area contributed by atoms with E-state index in [1.807, 2.05) is 13.0 Å². The van der Waals surface area contributed by atoms with Crippen molar-refractivity contribution in [1.82, 2.24) is 0 Å². The summed E-state index contributed by atoms with van der Waals surface area (Å²) in [7, 11) is 0. The highest BCUT2D eigenvalue weighted by molar-refractivity contribution is 5.83. The molecular formula is C23H36O3. The molecule has 0 heterocycles. The van der Waals surface area contributed by atoms with E-state index in [2.05, 4.69) is 13.8 Å². The Kier molecular flexibility index (Phi) is 4.74. The van der Waals surface area contributed by atoms with E-state index in [1.165, 1.54) is 44.1 Å². The molecule has 3 heteroatoms. The van der Waals surface area contributed by atoms with Crippen LogP contribution in [0.5, 0.6) is 0 Å². The maximum absolute atomic E-state index is 12.0. The molecule has 0 radical (unpaired) electrons. The van der Waals surface area contributed by atoms with Crippen molar-refractivity contribution < 1.29 is 14.6 Å². The van der Waals surface area contributed by atoms with Gasteiger partial charge in [-0.15, -0.1) is 0 Å². The van der Waals surface area contributed by atoms with Gasteiger partial charge in [0.15, 0.2) is 0 Å². The van der Waals surface area contributed by atoms with Crippen LogP contribution in [0.3, 0.4) is 0 Å². The molecule has 0 aromatic carbocycles. The molecule has 4 aliphatic carbocycles. The van der Waals surface area contributed by atoms with Crippen LogP contribution >= 0.6 is 0 Å². The fraction of sp³-hybridized carbons (Fsp3) is 0.870. The van der Waals surface area contributed by atoms with Gasteiger partial charge in [-0.05, 0) is 99.2 Å². The van der Waals surface area contributed by atoms with Crippen LogP contribution in [0.15, 0.2) is 11.6 Å². The van der Waals surface area contributed by atoms with E-state index in [1.54, 1.807) is 0 Å². The van der Waals surface area contributed by atoms with Crippen LogP contribution in [0.4, 0.5) is 0 Å². The third-order valence-electron chi connectivity index (χ3n) is 9.06. The van der Waals surface area contributed by atoms with Crippen LogP contribution in [0, 0.1) is 34.5 Å². The number of carbonyl (C=O) groups excluding carboxylic acids is 1. The number of aliphatic hydroxyl groups is 1. The van der Waals surface area contributed by atoms with Crippen LogP contribution in [0.1, 0.15) is 78.6 Å². The third kappa shape index (κ3) is 2.77. The monoisotopic (exact) mass is 360 g/mol. The second kappa shape index (κ2) is 6.65. The largest absolute Gasteiger partial charge is 0.463 e. The Morgan fingerprint density at radius 1 is 1.15 bits per heavy atom. The number of carbonyl (C=O) groups is 1. The molecule has 0 bridgehead atoms. The van der Waals surface area contributed by atoms with Crippen LogP contribution in [0.2, 0.25) is 0 Å². The Bertz CT molecular complexity index is 596. The second-order valence-electron chi connectivity index (χ2n) is 10.0. The summed E-state index contributed by atoms with van der Waals surface area (Å²) in [6.45, 7) is 7.29. The number of aliphatic hydroxyl groups excluding tert-OH is 1. The number of esters is 1. The molecule has 4 rings (SSSR count). The molecule has 0 aromatic rings. The summed E-state index contributed by atoms with van der Waals surface area (Å²) in [5, 5.41) is 10.2. The number of rotatable bonds is 2. The predicted octanol–water partition coefficient (Wildman–Crippen LogP) is 4.88. The van der Waals surface area contributed by atoms with Gasteiger partial charge in [0.1, 0.15) is 0 Å². The lowest BCUT2D eigenvalue weighted by atomic mass is 9.45. The van der Waals surface area contributed by atoms with E-state index in [9.17, 15) is 9.90 Å². The van der Waals surface area contributed by atoms with Crippen molar-refractivity contribution in [2.75, 3.05) is 6.61 Å². The molecule has 7 atom stereocenters. The number of hydrogen-bond acceptors (Lipinski definition) is 3. The SMILES string of the molecule is CCOC(=O)/C=C1/CCC2C3CCC4C[C@@H](O)CC[C@]4(C)C3CC[C@]12C. The minimum Gasteiger partial charge on any atom is -0.463 e. The van der Waals surface area contributed by atoms with E-state index in [0.29, 0.717) is 17.9 Å². The summed E-state index contributed by atoms with van der Waals surface area (Å²) in [5.74, 6) is 2.91. The Morgan fingerprint density at radius 3 is 2.73 bits per heavy atom. The molecule has 26 heavy (non-hydrogen) atoms. The van der Waals surface area contributed by atoms with Crippen molar-refractivity contribution in [1.29, 1.82) is 0 Å². The van der Waals surface area contributed by atoms with Crippen LogP contribution in [-0.2, 0) is 9.53 Å². The van der Waals surface area contributed by atoms with Gasteiger partial charge in [-0.2, -0.15) is 0 Å². The lowest BCUT2D eigenvalue weighted by Gasteiger charge is -2.60. The van der Waals surface area contributed by atoms with Gasteiger partial charge in [-0.1, -0.05) is 19.4 Å². The van der Waals surface area contributed by atoms with Gasteiger partial charge in [-0.25, -0.2) is 4.79 Å². The fourth-order valence-corrected chi connectivity index (χ4v) is 7.65. The van der Waals surface area contributed by atoms with E-state index in [-0.39, 0.29) is 17.5 Å². The maximum atomic E-state index is 12.0. The minimum atomic E-state index is -0.150. The normalized spacial score (nSPS) is 49.2. The summed E-state index contributed by atoms with van der Waals surface area (Å²) in [6, 6.07) is 0. The molecule has 146 valence electrons. The van der Waals surface area contributed by atoms with Crippen molar-refractivity contribution in [3.63, 3.8) is 0 Å². The van der Waals surface area contributed by atoms with Crippen molar-refractivity contribution in [3.8, 4) is 0 Å². The van der Waals surface area contributed by atoms with Gasteiger partial charge in [0.25, 0.3) is 0 Å². The third-order valence-corrected chi connectivity index (χ3v) is 9.06. The highest BCUT2D eigenvalue weighted by Crippen LogP contribution is 2.67. The summed E-state index contributed by atoms with van der Waals surface area (Å²) in [6.07, 6.45) is 12.4. The van der Waals surface area contributed by atoms with Crippen molar-refractivity contribution >= 4 is 5.97 Å². The molecule has 0 saturated heterocycles. The standard InChI is InChI=1S/C23H36O3/c1-4-26-21(25)14-16-6-8-19-18-7-5-15-13-17(24)9-11-22(15,2)20(18)10-12-23(16,19)3/h14-15,17-20,24H,4-13H2,1-3H3/b16-14-/t15?,17-,18?,19?,20?,22-,23+/m0/s1. The summed E-state index contributed by atoms with van der Waals surface area (Å²) in [4.78, 5) is 12.0. The molecule has 0 aromatic heterocycles. The Labute approximate surface area is 158 Å².